The summed E-state index contributed by atoms with van der Waals surface area (Å²) in [5, 5.41) is 28.8. The number of benzene rings is 1. The molecule has 0 aromatic heterocycles. The van der Waals surface area contributed by atoms with Gasteiger partial charge < -0.3 is 25.0 Å². The van der Waals surface area contributed by atoms with Crippen LogP contribution in [0.15, 0.2) is 47.8 Å². The van der Waals surface area contributed by atoms with E-state index in [1.54, 1.807) is 6.92 Å². The van der Waals surface area contributed by atoms with Gasteiger partial charge in [0.15, 0.2) is 0 Å². The maximum atomic E-state index is 12.9. The first-order valence-electron chi connectivity index (χ1n) is 11.5. The van der Waals surface area contributed by atoms with Crippen molar-refractivity contribution in [3.63, 3.8) is 0 Å². The number of likely N-dealkylation sites (tertiary alicyclic amines) is 1. The molecule has 3 N–H and O–H groups in total. The first kappa shape index (κ1) is 30.7. The molecular formula is C24H31N3O10. The van der Waals surface area contributed by atoms with Crippen LogP contribution in [0.4, 0.5) is 0 Å². The van der Waals surface area contributed by atoms with Crippen molar-refractivity contribution in [2.45, 2.75) is 57.7 Å². The molecule has 1 amide bonds. The number of aryl methyl sites for hydroxylation is 1. The molecule has 1 aromatic rings. The highest BCUT2D eigenvalue weighted by Gasteiger charge is 2.41. The number of nitroso groups, excluding NO2 is 1. The smallest absolute Gasteiger partial charge is 0.330 e. The molecule has 0 radical (unpaired) electrons. The SMILES string of the molecule is CCOC(=O)[C@H](CCc1ccccc1)N(N=O)[C@@H](C)C(=O)N1CCC[C@H]1C(=O)O.O=C(O)/C=C\C(=O)O. The first-order chi connectivity index (χ1) is 17.5. The second kappa shape index (κ2) is 15.7. The fraction of sp³-hybridized carbons (Fsp3) is 0.458. The van der Waals surface area contributed by atoms with Crippen molar-refractivity contribution in [3.8, 4) is 0 Å². The van der Waals surface area contributed by atoms with Crippen molar-refractivity contribution < 1.29 is 44.0 Å². The standard InChI is InChI=1S/C20H27N3O6.C4H4O4/c1-3-29-20(27)17(12-11-15-8-5-4-6-9-15)23(21-28)14(2)18(24)22-13-7-10-16(22)19(25)26;5-3(6)1-2-4(7)8/h4-6,8-9,14,16-17H,3,7,10-13H2,1-2H3,(H,25,26);1-2H,(H,5,6)(H,7,8)/b;2-1-/t14-,16-,17-;/m0./s1. The quantitative estimate of drug-likeness (QED) is 0.157. The molecule has 37 heavy (non-hydrogen) atoms. The molecule has 1 aliphatic rings. The van der Waals surface area contributed by atoms with Gasteiger partial charge in [0.1, 0.15) is 18.1 Å². The molecule has 1 aromatic carbocycles. The van der Waals surface area contributed by atoms with Crippen molar-refractivity contribution in [1.29, 1.82) is 0 Å². The van der Waals surface area contributed by atoms with Crippen molar-refractivity contribution in [1.82, 2.24) is 9.91 Å². The molecule has 0 unspecified atom stereocenters. The molecule has 13 nitrogen and oxygen atoms in total. The van der Waals surface area contributed by atoms with Crippen molar-refractivity contribution in [2.75, 3.05) is 13.2 Å². The van der Waals surface area contributed by atoms with Gasteiger partial charge in [-0.25, -0.2) is 24.2 Å². The van der Waals surface area contributed by atoms with Gasteiger partial charge in [-0.1, -0.05) is 30.3 Å². The number of carboxylic acid groups (broad SMARTS) is 3. The largest absolute Gasteiger partial charge is 0.480 e. The fourth-order valence-corrected chi connectivity index (χ4v) is 3.73. The summed E-state index contributed by atoms with van der Waals surface area (Å²) in [4.78, 5) is 68.8. The van der Waals surface area contributed by atoms with Crippen molar-refractivity contribution in [3.05, 3.63) is 53.0 Å². The number of hydrogen-bond acceptors (Lipinski definition) is 8. The number of carboxylic acids is 3. The summed E-state index contributed by atoms with van der Waals surface area (Å²) in [6.07, 6.45) is 2.76. The molecule has 1 saturated heterocycles. The second-order valence-electron chi connectivity index (χ2n) is 7.97. The van der Waals surface area contributed by atoms with Crippen LogP contribution in [-0.4, -0.2) is 86.3 Å². The lowest BCUT2D eigenvalue weighted by Crippen LogP contribution is -2.53. The van der Waals surface area contributed by atoms with Crippen LogP contribution in [0.1, 0.15) is 38.7 Å². The Morgan fingerprint density at radius 2 is 1.70 bits per heavy atom. The lowest BCUT2D eigenvalue weighted by molar-refractivity contribution is -0.156. The first-order valence-corrected chi connectivity index (χ1v) is 11.5. The highest BCUT2D eigenvalue weighted by Crippen LogP contribution is 2.22. The van der Waals surface area contributed by atoms with Gasteiger partial charge in [0, 0.05) is 18.7 Å². The summed E-state index contributed by atoms with van der Waals surface area (Å²) in [6.45, 7) is 3.53. The Balaban J connectivity index is 0.000000738. The minimum Gasteiger partial charge on any atom is -0.480 e. The van der Waals surface area contributed by atoms with Crippen LogP contribution in [0.25, 0.3) is 0 Å². The van der Waals surface area contributed by atoms with E-state index in [1.165, 1.54) is 11.8 Å². The number of esters is 1. The fourth-order valence-electron chi connectivity index (χ4n) is 3.73. The topological polar surface area (TPSA) is 191 Å². The van der Waals surface area contributed by atoms with Crippen LogP contribution in [0.3, 0.4) is 0 Å². The number of hydrogen-bond donors (Lipinski definition) is 3. The van der Waals surface area contributed by atoms with Crippen LogP contribution < -0.4 is 0 Å². The number of amides is 1. The number of ether oxygens (including phenoxy) is 1. The highest BCUT2D eigenvalue weighted by molar-refractivity contribution is 5.89. The molecule has 0 bridgehead atoms. The number of carbonyl (C=O) groups excluding carboxylic acids is 2. The number of rotatable bonds is 12. The molecule has 0 saturated carbocycles. The lowest BCUT2D eigenvalue weighted by Gasteiger charge is -2.32. The molecule has 202 valence electrons. The molecular weight excluding hydrogens is 490 g/mol. The van der Waals surface area contributed by atoms with Crippen LogP contribution >= 0.6 is 0 Å². The Morgan fingerprint density at radius 1 is 1.11 bits per heavy atom. The summed E-state index contributed by atoms with van der Waals surface area (Å²) < 4.78 is 5.09. The Kier molecular flexibility index (Phi) is 13.0. The summed E-state index contributed by atoms with van der Waals surface area (Å²) in [7, 11) is 0. The van der Waals surface area contributed by atoms with Crippen LogP contribution in [0.5, 0.6) is 0 Å². The third-order valence-corrected chi connectivity index (χ3v) is 5.47. The Morgan fingerprint density at radius 3 is 2.19 bits per heavy atom. The van der Waals surface area contributed by atoms with Gasteiger partial charge in [-0.15, -0.1) is 4.91 Å². The van der Waals surface area contributed by atoms with Crippen LogP contribution in [0.2, 0.25) is 0 Å². The molecule has 13 heteroatoms. The van der Waals surface area contributed by atoms with Crippen molar-refractivity contribution in [2.24, 2.45) is 5.29 Å². The third kappa shape index (κ3) is 10.1. The van der Waals surface area contributed by atoms with Gasteiger partial charge in [-0.05, 0) is 45.1 Å². The highest BCUT2D eigenvalue weighted by atomic mass is 16.5. The van der Waals surface area contributed by atoms with Gasteiger partial charge in [-0.3, -0.25) is 4.79 Å². The van der Waals surface area contributed by atoms with Crippen LogP contribution in [0, 0.1) is 4.91 Å². The van der Waals surface area contributed by atoms with Crippen LogP contribution in [-0.2, 0) is 35.1 Å². The Labute approximate surface area is 213 Å². The van der Waals surface area contributed by atoms with Crippen molar-refractivity contribution >= 4 is 29.8 Å². The van der Waals surface area contributed by atoms with E-state index in [0.29, 0.717) is 38.0 Å². The summed E-state index contributed by atoms with van der Waals surface area (Å²) in [5.41, 5.74) is 0.970. The van der Waals surface area contributed by atoms with E-state index in [1.807, 2.05) is 30.3 Å². The second-order valence-corrected chi connectivity index (χ2v) is 7.97. The van der Waals surface area contributed by atoms with Gasteiger partial charge in [0.25, 0.3) is 0 Å². The molecule has 3 atom stereocenters. The van der Waals surface area contributed by atoms with Gasteiger partial charge in [0.2, 0.25) is 5.91 Å². The summed E-state index contributed by atoms with van der Waals surface area (Å²) in [5.74, 6) is -4.78. The van der Waals surface area contributed by atoms with E-state index in [2.05, 4.69) is 5.29 Å². The maximum Gasteiger partial charge on any atom is 0.330 e. The third-order valence-electron chi connectivity index (χ3n) is 5.47. The Bertz CT molecular complexity index is 966. The monoisotopic (exact) mass is 521 g/mol. The predicted octanol–water partition coefficient (Wildman–Crippen LogP) is 1.71. The zero-order chi connectivity index (χ0) is 28.0. The van der Waals surface area contributed by atoms with E-state index >= 15 is 0 Å². The summed E-state index contributed by atoms with van der Waals surface area (Å²) in [6, 6.07) is 6.36. The minimum absolute atomic E-state index is 0.128. The van der Waals surface area contributed by atoms with Gasteiger partial charge in [0.05, 0.1) is 11.9 Å². The molecule has 1 aliphatic heterocycles. The van der Waals surface area contributed by atoms with E-state index in [-0.39, 0.29) is 13.0 Å². The molecule has 2 rings (SSSR count). The number of carbonyl (C=O) groups is 5. The number of nitrogens with zero attached hydrogens (tertiary/aromatic N) is 3. The van der Waals surface area contributed by atoms with Gasteiger partial charge in [-0.2, -0.15) is 0 Å². The molecule has 1 heterocycles. The normalized spacial score (nSPS) is 16.2. The minimum atomic E-state index is -1.26. The summed E-state index contributed by atoms with van der Waals surface area (Å²) >= 11 is 0. The number of aliphatic carboxylic acids is 3. The van der Waals surface area contributed by atoms with Gasteiger partial charge >= 0.3 is 23.9 Å². The van der Waals surface area contributed by atoms with E-state index in [9.17, 15) is 34.0 Å². The average Bonchev–Trinajstić information content (AvgIpc) is 3.36. The average molecular weight is 522 g/mol. The maximum absolute atomic E-state index is 12.9. The molecule has 0 aliphatic carbocycles. The Hall–Kier alpha value is -4.29. The molecule has 1 fully saturated rings. The molecule has 0 spiro atoms. The van der Waals surface area contributed by atoms with E-state index in [4.69, 9.17) is 14.9 Å². The zero-order valence-corrected chi connectivity index (χ0v) is 20.6. The van der Waals surface area contributed by atoms with E-state index in [0.717, 1.165) is 10.6 Å². The van der Waals surface area contributed by atoms with E-state index < -0.39 is 47.9 Å². The zero-order valence-electron chi connectivity index (χ0n) is 20.6. The predicted molar refractivity (Wildman–Crippen MR) is 129 cm³/mol. The lowest BCUT2D eigenvalue weighted by atomic mass is 10.0.